The van der Waals surface area contributed by atoms with Crippen molar-refractivity contribution in [2.45, 2.75) is 20.3 Å². The Labute approximate surface area is 171 Å². The summed E-state index contributed by atoms with van der Waals surface area (Å²) in [6, 6.07) is 23.4. The van der Waals surface area contributed by atoms with Crippen LogP contribution in [-0.2, 0) is 0 Å². The molecule has 0 N–H and O–H groups in total. The molecule has 3 aromatic carbocycles. The maximum atomic E-state index is 9.80. The van der Waals surface area contributed by atoms with Gasteiger partial charge in [-0.05, 0) is 48.7 Å². The van der Waals surface area contributed by atoms with Crippen molar-refractivity contribution in [2.75, 3.05) is 13.2 Å². The summed E-state index contributed by atoms with van der Waals surface area (Å²) in [5.74, 6) is 1.57. The highest BCUT2D eigenvalue weighted by atomic mass is 16.5. The molecule has 0 unspecified atom stereocenters. The second kappa shape index (κ2) is 9.44. The van der Waals surface area contributed by atoms with Crippen molar-refractivity contribution in [3.8, 4) is 45.9 Å². The molecule has 0 saturated carbocycles. The Morgan fingerprint density at radius 3 is 1.48 bits per heavy atom. The standard InChI is InChI=1S/C25H22N2O2/c1-3-15-29-21-11-7-19(8-12-21)23-14-13-22(24(16-26)25(23)17-27)18-5-9-20(10-6-18)28-4-2/h5-14H,3-4,15H2,1-2H3. The van der Waals surface area contributed by atoms with Crippen LogP contribution in [0.15, 0.2) is 60.7 Å². The van der Waals surface area contributed by atoms with E-state index in [1.54, 1.807) is 0 Å². The average Bonchev–Trinajstić information content (AvgIpc) is 2.77. The Morgan fingerprint density at radius 1 is 0.655 bits per heavy atom. The topological polar surface area (TPSA) is 66.0 Å². The minimum atomic E-state index is 0.375. The number of nitrogens with zero attached hydrogens (tertiary/aromatic N) is 2. The third-order valence-corrected chi connectivity index (χ3v) is 4.54. The van der Waals surface area contributed by atoms with Crippen LogP contribution in [0.3, 0.4) is 0 Å². The van der Waals surface area contributed by atoms with Crippen molar-refractivity contribution in [3.63, 3.8) is 0 Å². The lowest BCUT2D eigenvalue weighted by Crippen LogP contribution is -1.96. The van der Waals surface area contributed by atoms with Gasteiger partial charge in [-0.2, -0.15) is 10.5 Å². The van der Waals surface area contributed by atoms with Gasteiger partial charge >= 0.3 is 0 Å². The zero-order valence-corrected chi connectivity index (χ0v) is 16.6. The lowest BCUT2D eigenvalue weighted by atomic mass is 9.90. The lowest BCUT2D eigenvalue weighted by Gasteiger charge is -2.12. The first kappa shape index (κ1) is 20.0. The summed E-state index contributed by atoms with van der Waals surface area (Å²) >= 11 is 0. The predicted octanol–water partition coefficient (Wildman–Crippen LogP) is 5.95. The van der Waals surface area contributed by atoms with Crippen molar-refractivity contribution in [3.05, 3.63) is 71.8 Å². The molecule has 29 heavy (non-hydrogen) atoms. The van der Waals surface area contributed by atoms with E-state index < -0.39 is 0 Å². The highest BCUT2D eigenvalue weighted by Crippen LogP contribution is 2.34. The summed E-state index contributed by atoms with van der Waals surface area (Å²) in [6.07, 6.45) is 0.943. The maximum Gasteiger partial charge on any atom is 0.119 e. The molecule has 4 nitrogen and oxygen atoms in total. The Bertz CT molecular complexity index is 1060. The van der Waals surface area contributed by atoms with Crippen molar-refractivity contribution in [1.29, 1.82) is 10.5 Å². The summed E-state index contributed by atoms with van der Waals surface area (Å²) in [4.78, 5) is 0. The highest BCUT2D eigenvalue weighted by Gasteiger charge is 2.16. The van der Waals surface area contributed by atoms with Crippen LogP contribution < -0.4 is 9.47 Å². The molecule has 0 radical (unpaired) electrons. The molecular formula is C25H22N2O2. The molecule has 0 saturated heterocycles. The van der Waals surface area contributed by atoms with E-state index in [0.717, 1.165) is 40.2 Å². The lowest BCUT2D eigenvalue weighted by molar-refractivity contribution is 0.317. The molecule has 0 aliphatic rings. The third-order valence-electron chi connectivity index (χ3n) is 4.54. The van der Waals surface area contributed by atoms with Crippen LogP contribution in [0.25, 0.3) is 22.3 Å². The summed E-state index contributed by atoms with van der Waals surface area (Å²) in [7, 11) is 0. The quantitative estimate of drug-likeness (QED) is 0.506. The Hall–Kier alpha value is -3.76. The second-order valence-corrected chi connectivity index (χ2v) is 6.46. The summed E-state index contributed by atoms with van der Waals surface area (Å²) in [6.45, 7) is 5.25. The van der Waals surface area contributed by atoms with Gasteiger partial charge in [0.25, 0.3) is 0 Å². The van der Waals surface area contributed by atoms with Crippen LogP contribution in [-0.4, -0.2) is 13.2 Å². The smallest absolute Gasteiger partial charge is 0.119 e. The molecule has 0 fully saturated rings. The SMILES string of the molecule is CCCOc1ccc(-c2ccc(-c3ccc(OCC)cc3)c(C#N)c2C#N)cc1. The molecule has 3 rings (SSSR count). The van der Waals surface area contributed by atoms with Gasteiger partial charge in [0.1, 0.15) is 23.6 Å². The normalized spacial score (nSPS) is 10.1. The van der Waals surface area contributed by atoms with E-state index in [2.05, 4.69) is 19.1 Å². The van der Waals surface area contributed by atoms with Crippen molar-refractivity contribution < 1.29 is 9.47 Å². The number of hydrogen-bond acceptors (Lipinski definition) is 4. The molecule has 144 valence electrons. The molecule has 4 heteroatoms. The third kappa shape index (κ3) is 4.39. The van der Waals surface area contributed by atoms with Crippen LogP contribution in [0.1, 0.15) is 31.4 Å². The van der Waals surface area contributed by atoms with Gasteiger partial charge < -0.3 is 9.47 Å². The molecule has 0 atom stereocenters. The van der Waals surface area contributed by atoms with E-state index in [0.29, 0.717) is 24.3 Å². The van der Waals surface area contributed by atoms with Gasteiger partial charge in [0, 0.05) is 11.1 Å². The van der Waals surface area contributed by atoms with E-state index in [1.807, 2.05) is 67.6 Å². The molecule has 0 aliphatic heterocycles. The van der Waals surface area contributed by atoms with Crippen LogP contribution in [0, 0.1) is 22.7 Å². The Kier molecular flexibility index (Phi) is 6.51. The van der Waals surface area contributed by atoms with Gasteiger partial charge in [-0.25, -0.2) is 0 Å². The van der Waals surface area contributed by atoms with Crippen LogP contribution >= 0.6 is 0 Å². The monoisotopic (exact) mass is 382 g/mol. The van der Waals surface area contributed by atoms with E-state index in [4.69, 9.17) is 9.47 Å². The molecule has 0 spiro atoms. The summed E-state index contributed by atoms with van der Waals surface area (Å²) in [5.41, 5.74) is 3.97. The van der Waals surface area contributed by atoms with Gasteiger partial charge in [0.2, 0.25) is 0 Å². The van der Waals surface area contributed by atoms with Crippen LogP contribution in [0.2, 0.25) is 0 Å². The minimum Gasteiger partial charge on any atom is -0.494 e. The van der Waals surface area contributed by atoms with Crippen molar-refractivity contribution in [1.82, 2.24) is 0 Å². The van der Waals surface area contributed by atoms with Crippen molar-refractivity contribution in [2.24, 2.45) is 0 Å². The summed E-state index contributed by atoms with van der Waals surface area (Å²) in [5, 5.41) is 19.6. The van der Waals surface area contributed by atoms with Crippen LogP contribution in [0.4, 0.5) is 0 Å². The minimum absolute atomic E-state index is 0.375. The first-order valence-electron chi connectivity index (χ1n) is 9.65. The van der Waals surface area contributed by atoms with Gasteiger partial charge in [0.05, 0.1) is 24.3 Å². The highest BCUT2D eigenvalue weighted by molar-refractivity contribution is 5.82. The number of rotatable bonds is 7. The number of ether oxygens (including phenoxy) is 2. The maximum absolute atomic E-state index is 9.80. The average molecular weight is 382 g/mol. The van der Waals surface area contributed by atoms with Gasteiger partial charge in [-0.15, -0.1) is 0 Å². The predicted molar refractivity (Wildman–Crippen MR) is 114 cm³/mol. The fourth-order valence-corrected chi connectivity index (χ4v) is 3.16. The molecule has 0 aromatic heterocycles. The number of benzene rings is 3. The van der Waals surface area contributed by atoms with Crippen molar-refractivity contribution >= 4 is 0 Å². The summed E-state index contributed by atoms with van der Waals surface area (Å²) < 4.78 is 11.1. The van der Waals surface area contributed by atoms with Gasteiger partial charge in [-0.1, -0.05) is 43.3 Å². The second-order valence-electron chi connectivity index (χ2n) is 6.46. The van der Waals surface area contributed by atoms with Crippen LogP contribution in [0.5, 0.6) is 11.5 Å². The van der Waals surface area contributed by atoms with Gasteiger partial charge in [0.15, 0.2) is 0 Å². The molecule has 0 amide bonds. The fourth-order valence-electron chi connectivity index (χ4n) is 3.16. The first-order chi connectivity index (χ1) is 14.2. The van der Waals surface area contributed by atoms with E-state index in [1.165, 1.54) is 0 Å². The largest absolute Gasteiger partial charge is 0.494 e. The molecular weight excluding hydrogens is 360 g/mol. The zero-order chi connectivity index (χ0) is 20.6. The fraction of sp³-hybridized carbons (Fsp3) is 0.200. The first-order valence-corrected chi connectivity index (χ1v) is 9.65. The van der Waals surface area contributed by atoms with E-state index in [-0.39, 0.29) is 0 Å². The number of hydrogen-bond donors (Lipinski definition) is 0. The Balaban J connectivity index is 2.01. The molecule has 0 bridgehead atoms. The Morgan fingerprint density at radius 2 is 1.10 bits per heavy atom. The molecule has 3 aromatic rings. The zero-order valence-electron chi connectivity index (χ0n) is 16.6. The van der Waals surface area contributed by atoms with E-state index >= 15 is 0 Å². The number of nitriles is 2. The van der Waals surface area contributed by atoms with E-state index in [9.17, 15) is 10.5 Å². The van der Waals surface area contributed by atoms with Gasteiger partial charge in [-0.3, -0.25) is 0 Å². The molecule has 0 heterocycles. The molecule has 0 aliphatic carbocycles.